The van der Waals surface area contributed by atoms with Gasteiger partial charge in [0.15, 0.2) is 0 Å². The van der Waals surface area contributed by atoms with Crippen LogP contribution in [-0.2, 0) is 10.0 Å². The smallest absolute Gasteiger partial charge is 0.343 e. The molecule has 1 amide bonds. The van der Waals surface area contributed by atoms with Gasteiger partial charge in [-0.2, -0.15) is 5.10 Å². The van der Waals surface area contributed by atoms with Gasteiger partial charge in [-0.1, -0.05) is 24.6 Å². The van der Waals surface area contributed by atoms with Crippen molar-refractivity contribution in [3.8, 4) is 11.5 Å². The van der Waals surface area contributed by atoms with E-state index in [0.717, 1.165) is 12.0 Å². The van der Waals surface area contributed by atoms with Crippen molar-refractivity contribution in [3.05, 3.63) is 119 Å². The average Bonchev–Trinajstić information content (AvgIpc) is 2.97. The van der Waals surface area contributed by atoms with Crippen molar-refractivity contribution in [1.82, 2.24) is 5.43 Å². The summed E-state index contributed by atoms with van der Waals surface area (Å²) in [5.74, 6) is 0.0959. The average molecular weight is 572 g/mol. The van der Waals surface area contributed by atoms with Crippen LogP contribution in [-0.4, -0.2) is 33.1 Å². The summed E-state index contributed by atoms with van der Waals surface area (Å²) in [5, 5.41) is 3.96. The van der Waals surface area contributed by atoms with Crippen LogP contribution in [0.25, 0.3) is 0 Å². The third-order valence-electron chi connectivity index (χ3n) is 5.76. The van der Waals surface area contributed by atoms with Gasteiger partial charge < -0.3 is 9.47 Å². The van der Waals surface area contributed by atoms with E-state index in [1.807, 2.05) is 13.8 Å². The zero-order chi connectivity index (χ0) is 29.2. The zero-order valence-electron chi connectivity index (χ0n) is 22.5. The van der Waals surface area contributed by atoms with E-state index in [9.17, 15) is 18.0 Å². The fourth-order valence-electron chi connectivity index (χ4n) is 3.55. The number of nitrogens with zero attached hydrogens (tertiary/aromatic N) is 1. The predicted molar refractivity (Wildman–Crippen MR) is 157 cm³/mol. The van der Waals surface area contributed by atoms with Crippen molar-refractivity contribution >= 4 is 33.8 Å². The number of hydrogen-bond acceptors (Lipinski definition) is 7. The topological polar surface area (TPSA) is 123 Å². The number of hydrogen-bond donors (Lipinski definition) is 2. The van der Waals surface area contributed by atoms with Crippen molar-refractivity contribution in [2.75, 3.05) is 11.3 Å². The van der Waals surface area contributed by atoms with E-state index in [1.165, 1.54) is 42.6 Å². The second kappa shape index (κ2) is 13.4. The highest BCUT2D eigenvalue weighted by atomic mass is 32.2. The molecule has 4 aromatic rings. The quantitative estimate of drug-likeness (QED) is 0.105. The molecule has 0 heterocycles. The maximum absolute atomic E-state index is 12.5. The first-order chi connectivity index (χ1) is 19.7. The first-order valence-electron chi connectivity index (χ1n) is 12.8. The third-order valence-corrected chi connectivity index (χ3v) is 7.16. The molecule has 0 saturated carbocycles. The van der Waals surface area contributed by atoms with Crippen molar-refractivity contribution in [3.63, 3.8) is 0 Å². The molecular formula is C31H29N3O6S. The molecule has 4 aromatic carbocycles. The molecule has 4 rings (SSSR count). The minimum absolute atomic E-state index is 0.147. The lowest BCUT2D eigenvalue weighted by Crippen LogP contribution is -2.18. The first-order valence-corrected chi connectivity index (χ1v) is 14.3. The Morgan fingerprint density at radius 2 is 1.41 bits per heavy atom. The number of anilines is 1. The number of aryl methyl sites for hydroxylation is 1. The standard InChI is InChI=1S/C31H29N3O6S/c1-3-20-39-27-16-10-25(11-17-27)31(36)40-28-14-6-23(7-15-28)21-32-33-30(35)24-8-12-26(13-9-24)34-41(37,38)29-18-4-22(2)5-19-29/h4-19,21,34H,3,20H2,1-2H3,(H,33,35)/b32-21+. The SMILES string of the molecule is CCCOc1ccc(C(=O)Oc2ccc(/C=N/NC(=O)c3ccc(NS(=O)(=O)c4ccc(C)cc4)cc3)cc2)cc1. The number of hydrazone groups is 1. The first kappa shape index (κ1) is 29.0. The van der Waals surface area contributed by atoms with Crippen LogP contribution in [0.2, 0.25) is 0 Å². The molecule has 0 radical (unpaired) electrons. The summed E-state index contributed by atoms with van der Waals surface area (Å²) in [6.07, 6.45) is 2.34. The number of ether oxygens (including phenoxy) is 2. The summed E-state index contributed by atoms with van der Waals surface area (Å²) in [5.41, 5.74) is 5.08. The molecule has 0 fully saturated rings. The van der Waals surface area contributed by atoms with E-state index in [0.29, 0.717) is 40.5 Å². The largest absolute Gasteiger partial charge is 0.494 e. The summed E-state index contributed by atoms with van der Waals surface area (Å²) in [4.78, 5) is 25.0. The summed E-state index contributed by atoms with van der Waals surface area (Å²) >= 11 is 0. The van der Waals surface area contributed by atoms with E-state index >= 15 is 0 Å². The molecular weight excluding hydrogens is 542 g/mol. The molecule has 10 heteroatoms. The Labute approximate surface area is 238 Å². The fraction of sp³-hybridized carbons (Fsp3) is 0.129. The van der Waals surface area contributed by atoms with Crippen LogP contribution < -0.4 is 19.6 Å². The monoisotopic (exact) mass is 571 g/mol. The number of amides is 1. The minimum Gasteiger partial charge on any atom is -0.494 e. The van der Waals surface area contributed by atoms with Gasteiger partial charge in [-0.3, -0.25) is 9.52 Å². The Kier molecular flexibility index (Phi) is 9.49. The molecule has 0 spiro atoms. The van der Waals surface area contributed by atoms with Gasteiger partial charge in [0, 0.05) is 11.3 Å². The van der Waals surface area contributed by atoms with Gasteiger partial charge in [0.05, 0.1) is 23.3 Å². The van der Waals surface area contributed by atoms with Gasteiger partial charge in [-0.25, -0.2) is 18.6 Å². The van der Waals surface area contributed by atoms with Crippen molar-refractivity contribution in [2.24, 2.45) is 5.10 Å². The van der Waals surface area contributed by atoms with Gasteiger partial charge >= 0.3 is 5.97 Å². The second-order valence-electron chi connectivity index (χ2n) is 9.03. The second-order valence-corrected chi connectivity index (χ2v) is 10.7. The van der Waals surface area contributed by atoms with Crippen LogP contribution in [0, 0.1) is 6.92 Å². The molecule has 0 saturated heterocycles. The number of nitrogens with one attached hydrogen (secondary N) is 2. The van der Waals surface area contributed by atoms with Crippen LogP contribution in [0.1, 0.15) is 45.2 Å². The van der Waals surface area contributed by atoms with E-state index in [-0.39, 0.29) is 4.90 Å². The minimum atomic E-state index is -3.74. The number of sulfonamides is 1. The molecule has 210 valence electrons. The molecule has 0 aromatic heterocycles. The predicted octanol–water partition coefficient (Wildman–Crippen LogP) is 5.57. The lowest BCUT2D eigenvalue weighted by Gasteiger charge is -2.09. The van der Waals surface area contributed by atoms with Crippen LogP contribution in [0.3, 0.4) is 0 Å². The molecule has 9 nitrogen and oxygen atoms in total. The Hall–Kier alpha value is -4.96. The van der Waals surface area contributed by atoms with Crippen LogP contribution in [0.4, 0.5) is 5.69 Å². The molecule has 0 bridgehead atoms. The maximum Gasteiger partial charge on any atom is 0.343 e. The molecule has 0 aliphatic rings. The van der Waals surface area contributed by atoms with Crippen LogP contribution in [0.15, 0.2) is 107 Å². The Balaban J connectivity index is 1.27. The zero-order valence-corrected chi connectivity index (χ0v) is 23.4. The molecule has 0 atom stereocenters. The van der Waals surface area contributed by atoms with Gasteiger partial charge in [-0.05, 0) is 104 Å². The molecule has 0 unspecified atom stereocenters. The summed E-state index contributed by atoms with van der Waals surface area (Å²) in [6.45, 7) is 4.50. The normalized spacial score (nSPS) is 11.2. The maximum atomic E-state index is 12.5. The highest BCUT2D eigenvalue weighted by Gasteiger charge is 2.14. The van der Waals surface area contributed by atoms with E-state index in [4.69, 9.17) is 9.47 Å². The lowest BCUT2D eigenvalue weighted by atomic mass is 10.2. The highest BCUT2D eigenvalue weighted by Crippen LogP contribution is 2.18. The highest BCUT2D eigenvalue weighted by molar-refractivity contribution is 7.92. The number of rotatable bonds is 11. The Morgan fingerprint density at radius 1 is 0.805 bits per heavy atom. The summed E-state index contributed by atoms with van der Waals surface area (Å²) in [7, 11) is -3.74. The van der Waals surface area contributed by atoms with Crippen molar-refractivity contribution in [1.29, 1.82) is 0 Å². The van der Waals surface area contributed by atoms with Gasteiger partial charge in [0.2, 0.25) is 0 Å². The number of benzene rings is 4. The molecule has 0 aliphatic heterocycles. The van der Waals surface area contributed by atoms with E-state index < -0.39 is 21.9 Å². The van der Waals surface area contributed by atoms with Crippen LogP contribution in [0.5, 0.6) is 11.5 Å². The summed E-state index contributed by atoms with van der Waals surface area (Å²) in [6, 6.07) is 25.8. The van der Waals surface area contributed by atoms with Crippen LogP contribution >= 0.6 is 0 Å². The molecule has 0 aliphatic carbocycles. The number of carbonyl (C=O) groups excluding carboxylic acids is 2. The lowest BCUT2D eigenvalue weighted by molar-refractivity contribution is 0.0734. The fourth-order valence-corrected chi connectivity index (χ4v) is 4.60. The van der Waals surface area contributed by atoms with Gasteiger partial charge in [-0.15, -0.1) is 0 Å². The Bertz CT molecular complexity index is 1620. The third kappa shape index (κ3) is 8.26. The summed E-state index contributed by atoms with van der Waals surface area (Å²) < 4.78 is 38.5. The van der Waals surface area contributed by atoms with Crippen molar-refractivity contribution < 1.29 is 27.5 Å². The van der Waals surface area contributed by atoms with E-state index in [1.54, 1.807) is 60.7 Å². The Morgan fingerprint density at radius 3 is 2.05 bits per heavy atom. The van der Waals surface area contributed by atoms with Gasteiger partial charge in [0.1, 0.15) is 11.5 Å². The number of carbonyl (C=O) groups is 2. The van der Waals surface area contributed by atoms with E-state index in [2.05, 4.69) is 15.2 Å². The van der Waals surface area contributed by atoms with Gasteiger partial charge in [0.25, 0.3) is 15.9 Å². The van der Waals surface area contributed by atoms with Crippen molar-refractivity contribution in [2.45, 2.75) is 25.2 Å². The molecule has 2 N–H and O–H groups in total. The number of esters is 1. The molecule has 41 heavy (non-hydrogen) atoms.